The highest BCUT2D eigenvalue weighted by Gasteiger charge is 2.21. The lowest BCUT2D eigenvalue weighted by Gasteiger charge is -2.28. The molecule has 11 heteroatoms. The van der Waals surface area contributed by atoms with Crippen LogP contribution < -0.4 is 4.89 Å². The topological polar surface area (TPSA) is 131 Å². The Bertz CT molecular complexity index is 1370. The highest BCUT2D eigenvalue weighted by atomic mass is 31.2. The third-order valence-electron chi connectivity index (χ3n) is 9.15. The number of aliphatic hydroxyl groups is 1. The normalized spacial score (nSPS) is 14.9. The zero-order valence-electron chi connectivity index (χ0n) is 38.7. The van der Waals surface area contributed by atoms with Crippen LogP contribution in [0.3, 0.4) is 0 Å². The van der Waals surface area contributed by atoms with E-state index >= 15 is 0 Å². The Labute approximate surface area is 371 Å². The lowest BCUT2D eigenvalue weighted by atomic mass is 10.1. The van der Waals surface area contributed by atoms with Crippen LogP contribution in [-0.2, 0) is 32.7 Å². The average Bonchev–Trinajstić information content (AvgIpc) is 3.21. The van der Waals surface area contributed by atoms with Gasteiger partial charge in [-0.15, -0.1) is 0 Å². The van der Waals surface area contributed by atoms with Crippen LogP contribution in [0.4, 0.5) is 0 Å². The Morgan fingerprint density at radius 1 is 0.590 bits per heavy atom. The summed E-state index contributed by atoms with van der Waals surface area (Å²) in [6.45, 7) is 3.90. The molecule has 0 aliphatic carbocycles. The SMILES string of the molecule is CCCCC/C=C\C/C=C\C/C=C\C/C=C\CCCCCC(=O)O[C@H](COC(=O)CCC/C=C\C/C=C\C/C=C\C/C=C\[C@@H](O)CCCC)COP(=O)([O-])OCC[N+](C)(C)C. The van der Waals surface area contributed by atoms with Crippen LogP contribution in [0.1, 0.15) is 149 Å². The van der Waals surface area contributed by atoms with Gasteiger partial charge in [-0.2, -0.15) is 0 Å². The van der Waals surface area contributed by atoms with Crippen LogP contribution in [0.25, 0.3) is 0 Å². The van der Waals surface area contributed by atoms with Gasteiger partial charge in [0.25, 0.3) is 7.82 Å². The van der Waals surface area contributed by atoms with Crippen LogP contribution in [0.5, 0.6) is 0 Å². The molecule has 3 atom stereocenters. The van der Waals surface area contributed by atoms with Gasteiger partial charge >= 0.3 is 11.9 Å². The summed E-state index contributed by atoms with van der Waals surface area (Å²) < 4.78 is 33.8. The third-order valence-corrected chi connectivity index (χ3v) is 10.1. The Morgan fingerprint density at radius 2 is 1.07 bits per heavy atom. The zero-order chi connectivity index (χ0) is 45.1. The number of esters is 2. The molecule has 0 rings (SSSR count). The van der Waals surface area contributed by atoms with Crippen molar-refractivity contribution in [2.24, 2.45) is 0 Å². The highest BCUT2D eigenvalue weighted by Crippen LogP contribution is 2.38. The summed E-state index contributed by atoms with van der Waals surface area (Å²) in [5, 5.41) is 9.83. The van der Waals surface area contributed by atoms with Crippen LogP contribution in [0.2, 0.25) is 0 Å². The van der Waals surface area contributed by atoms with E-state index in [2.05, 4.69) is 92.8 Å². The van der Waals surface area contributed by atoms with E-state index in [0.717, 1.165) is 77.0 Å². The Kier molecular flexibility index (Phi) is 38.8. The van der Waals surface area contributed by atoms with Gasteiger partial charge in [0.05, 0.1) is 33.9 Å². The van der Waals surface area contributed by atoms with Gasteiger partial charge in [-0.05, 0) is 89.9 Å². The van der Waals surface area contributed by atoms with Crippen LogP contribution in [0, 0.1) is 0 Å². The number of rotatable bonds is 40. The minimum Gasteiger partial charge on any atom is -0.756 e. The molecule has 0 aromatic rings. The number of carbonyl (C=O) groups excluding carboxylic acids is 2. The first-order valence-corrected chi connectivity index (χ1v) is 24.5. The molecule has 0 amide bonds. The summed E-state index contributed by atoms with van der Waals surface area (Å²) in [5.74, 6) is -0.969. The van der Waals surface area contributed by atoms with Crippen molar-refractivity contribution in [1.29, 1.82) is 0 Å². The maximum Gasteiger partial charge on any atom is 0.306 e. The minimum atomic E-state index is -4.66. The monoisotopic (exact) mass is 874 g/mol. The van der Waals surface area contributed by atoms with Gasteiger partial charge in [0.15, 0.2) is 6.10 Å². The number of quaternary nitrogens is 1. The van der Waals surface area contributed by atoms with E-state index in [9.17, 15) is 24.2 Å². The number of ether oxygens (including phenoxy) is 2. The van der Waals surface area contributed by atoms with E-state index in [1.807, 2.05) is 39.4 Å². The largest absolute Gasteiger partial charge is 0.756 e. The molecular formula is C50H84NO9P. The second-order valence-electron chi connectivity index (χ2n) is 16.2. The van der Waals surface area contributed by atoms with Gasteiger partial charge in [-0.3, -0.25) is 14.2 Å². The summed E-state index contributed by atoms with van der Waals surface area (Å²) in [4.78, 5) is 37.6. The number of hydrogen-bond donors (Lipinski definition) is 1. The number of phosphoric acid groups is 1. The molecule has 0 heterocycles. The molecule has 0 aromatic heterocycles. The fourth-order valence-corrected chi connectivity index (χ4v) is 6.20. The van der Waals surface area contributed by atoms with E-state index < -0.39 is 32.5 Å². The molecular weight excluding hydrogens is 790 g/mol. The maximum atomic E-state index is 12.7. The molecule has 61 heavy (non-hydrogen) atoms. The minimum absolute atomic E-state index is 0.0583. The summed E-state index contributed by atoms with van der Waals surface area (Å²) in [6.07, 6.45) is 50.6. The van der Waals surface area contributed by atoms with Crippen molar-refractivity contribution < 1.29 is 47.2 Å². The molecule has 0 aromatic carbocycles. The number of hydrogen-bond acceptors (Lipinski definition) is 9. The van der Waals surface area contributed by atoms with Gasteiger partial charge in [-0.25, -0.2) is 0 Å². The summed E-state index contributed by atoms with van der Waals surface area (Å²) in [5.41, 5.74) is 0. The van der Waals surface area contributed by atoms with Crippen molar-refractivity contribution in [2.45, 2.75) is 161 Å². The molecule has 0 bridgehead atoms. The fourth-order valence-electron chi connectivity index (χ4n) is 5.47. The number of carbonyl (C=O) groups is 2. The third kappa shape index (κ3) is 44.7. The standard InChI is InChI=1S/C50H84NO9P/c1-6-8-10-11-12-13-14-15-16-17-18-19-20-21-26-29-32-35-38-42-50(54)60-48(46-59-61(55,56)58-44-43-51(3,4)5)45-57-49(53)41-37-34-31-28-25-23-22-24-27-30-33-36-40-47(52)39-9-7-2/h12-13,15-16,18-19,21-23,26-28,30-31,36,40,47-48,52H,6-11,14,17,20,24-25,29,32-35,37-39,41-46H2,1-5H3/b13-12-,16-15-,19-18-,23-22-,26-21-,30-27-,31-28-,40-36-/t47-,48+/m0/s1. The number of likely N-dealkylation sites (N-methyl/N-ethyl adjacent to an activating group) is 1. The lowest BCUT2D eigenvalue weighted by Crippen LogP contribution is -2.37. The van der Waals surface area contributed by atoms with Crippen molar-refractivity contribution in [3.63, 3.8) is 0 Å². The first-order valence-electron chi connectivity index (χ1n) is 23.0. The van der Waals surface area contributed by atoms with Crippen LogP contribution >= 0.6 is 7.82 Å². The molecule has 0 radical (unpaired) electrons. The van der Waals surface area contributed by atoms with Crippen molar-refractivity contribution >= 4 is 19.8 Å². The van der Waals surface area contributed by atoms with Gasteiger partial charge in [0, 0.05) is 12.8 Å². The predicted octanol–water partition coefficient (Wildman–Crippen LogP) is 11.7. The fraction of sp³-hybridized carbons (Fsp3) is 0.640. The molecule has 10 nitrogen and oxygen atoms in total. The van der Waals surface area contributed by atoms with Gasteiger partial charge in [0.2, 0.25) is 0 Å². The van der Waals surface area contributed by atoms with E-state index in [-0.39, 0.29) is 32.2 Å². The van der Waals surface area contributed by atoms with Crippen LogP contribution in [-0.4, -0.2) is 81.2 Å². The quantitative estimate of drug-likeness (QED) is 0.0210. The van der Waals surface area contributed by atoms with Crippen LogP contribution in [0.15, 0.2) is 97.2 Å². The molecule has 1 unspecified atom stereocenters. The van der Waals surface area contributed by atoms with Crippen molar-refractivity contribution in [3.8, 4) is 0 Å². The summed E-state index contributed by atoms with van der Waals surface area (Å²) >= 11 is 0. The summed E-state index contributed by atoms with van der Waals surface area (Å²) in [7, 11) is 1.07. The number of nitrogens with zero attached hydrogens (tertiary/aromatic N) is 1. The molecule has 348 valence electrons. The first kappa shape index (κ1) is 57.9. The van der Waals surface area contributed by atoms with Crippen molar-refractivity contribution in [1.82, 2.24) is 0 Å². The number of aliphatic hydroxyl groups excluding tert-OH is 1. The van der Waals surface area contributed by atoms with E-state index in [1.54, 1.807) is 0 Å². The van der Waals surface area contributed by atoms with Crippen molar-refractivity contribution in [2.75, 3.05) is 47.5 Å². The van der Waals surface area contributed by atoms with Gasteiger partial charge in [0.1, 0.15) is 19.8 Å². The molecule has 0 fully saturated rings. The first-order chi connectivity index (χ1) is 29.4. The second kappa shape index (κ2) is 40.9. The molecule has 0 saturated carbocycles. The number of phosphoric ester groups is 1. The van der Waals surface area contributed by atoms with Gasteiger partial charge < -0.3 is 33.0 Å². The Morgan fingerprint density at radius 3 is 1.59 bits per heavy atom. The number of unbranched alkanes of at least 4 members (excludes halogenated alkanes) is 8. The smallest absolute Gasteiger partial charge is 0.306 e. The summed E-state index contributed by atoms with van der Waals surface area (Å²) in [6, 6.07) is 0. The van der Waals surface area contributed by atoms with E-state index in [1.165, 1.54) is 25.7 Å². The Hall–Kier alpha value is -3.11. The molecule has 1 N–H and O–H groups in total. The number of allylic oxidation sites excluding steroid dienone is 15. The predicted molar refractivity (Wildman–Crippen MR) is 251 cm³/mol. The lowest BCUT2D eigenvalue weighted by molar-refractivity contribution is -0.870. The zero-order valence-corrected chi connectivity index (χ0v) is 39.6. The molecule has 0 saturated heterocycles. The van der Waals surface area contributed by atoms with E-state index in [0.29, 0.717) is 30.3 Å². The average molecular weight is 874 g/mol. The highest BCUT2D eigenvalue weighted by molar-refractivity contribution is 7.45. The maximum absolute atomic E-state index is 12.7. The Balaban J connectivity index is 4.54. The van der Waals surface area contributed by atoms with Crippen molar-refractivity contribution in [3.05, 3.63) is 97.2 Å². The molecule has 0 spiro atoms. The van der Waals surface area contributed by atoms with Gasteiger partial charge in [-0.1, -0.05) is 143 Å². The van der Waals surface area contributed by atoms with E-state index in [4.69, 9.17) is 18.5 Å². The second-order valence-corrected chi connectivity index (χ2v) is 17.6. The molecule has 0 aliphatic heterocycles. The molecule has 0 aliphatic rings.